The van der Waals surface area contributed by atoms with Crippen molar-refractivity contribution in [3.63, 3.8) is 0 Å². The quantitative estimate of drug-likeness (QED) is 0.592. The van der Waals surface area contributed by atoms with Gasteiger partial charge in [-0.05, 0) is 55.3 Å². The number of nitrogens with one attached hydrogen (secondary N) is 2. The van der Waals surface area contributed by atoms with Gasteiger partial charge in [-0.25, -0.2) is 4.79 Å². The predicted molar refractivity (Wildman–Crippen MR) is 112 cm³/mol. The minimum atomic E-state index is -4.83. The molecule has 0 aliphatic carbocycles. The Hall–Kier alpha value is -2.75. The average Bonchev–Trinajstić information content (AvgIpc) is 3.17. The zero-order valence-electron chi connectivity index (χ0n) is 16.8. The molecule has 0 fully saturated rings. The third-order valence-corrected chi connectivity index (χ3v) is 5.45. The molecule has 0 spiro atoms. The molecule has 6 nitrogen and oxygen atoms in total. The molecule has 2 N–H and O–H groups in total. The summed E-state index contributed by atoms with van der Waals surface area (Å²) in [7, 11) is 0. The third kappa shape index (κ3) is 4.55. The maximum atomic E-state index is 14.1. The molecule has 0 bridgehead atoms. The first-order valence-electron chi connectivity index (χ1n) is 9.26. The minimum absolute atomic E-state index is 0.0360. The van der Waals surface area contributed by atoms with Crippen molar-refractivity contribution in [3.05, 3.63) is 74.8 Å². The van der Waals surface area contributed by atoms with Gasteiger partial charge in [0.15, 0.2) is 0 Å². The summed E-state index contributed by atoms with van der Waals surface area (Å²) in [6.07, 6.45) is -4.83. The predicted octanol–water partition coefficient (Wildman–Crippen LogP) is 5.52. The van der Waals surface area contributed by atoms with Gasteiger partial charge in [0.2, 0.25) is 5.60 Å². The largest absolute Gasteiger partial charge is 0.450 e. The van der Waals surface area contributed by atoms with E-state index in [4.69, 9.17) is 28.0 Å². The summed E-state index contributed by atoms with van der Waals surface area (Å²) in [4.78, 5) is 28.7. The second-order valence-electron chi connectivity index (χ2n) is 6.83. The first kappa shape index (κ1) is 23.9. The Morgan fingerprint density at radius 2 is 1.88 bits per heavy atom. The fourth-order valence-electron chi connectivity index (χ4n) is 3.13. The Morgan fingerprint density at radius 3 is 2.47 bits per heavy atom. The summed E-state index contributed by atoms with van der Waals surface area (Å²) in [6, 6.07) is 7.82. The van der Waals surface area contributed by atoms with Gasteiger partial charge in [-0.15, -0.1) is 0 Å². The van der Waals surface area contributed by atoms with E-state index in [1.54, 1.807) is 13.8 Å². The summed E-state index contributed by atoms with van der Waals surface area (Å²) in [5, 5.41) is 2.12. The number of alkyl carbamates (subject to hydrolysis) is 1. The number of amides is 2. The lowest BCUT2D eigenvalue weighted by Gasteiger charge is -2.28. The summed E-state index contributed by atoms with van der Waals surface area (Å²) < 4.78 is 46.9. The van der Waals surface area contributed by atoms with E-state index in [9.17, 15) is 22.8 Å². The van der Waals surface area contributed by atoms with Crippen molar-refractivity contribution in [3.8, 4) is 0 Å². The summed E-state index contributed by atoms with van der Waals surface area (Å²) in [5.41, 5.74) is 0.210. The van der Waals surface area contributed by atoms with Crippen LogP contribution in [0.4, 0.5) is 18.0 Å². The lowest BCUT2D eigenvalue weighted by atomic mass is 9.91. The van der Waals surface area contributed by atoms with Gasteiger partial charge >= 0.3 is 12.3 Å². The molecule has 1 unspecified atom stereocenters. The fourth-order valence-corrected chi connectivity index (χ4v) is 3.42. The van der Waals surface area contributed by atoms with Crippen LogP contribution >= 0.6 is 23.2 Å². The molecule has 1 heterocycles. The summed E-state index contributed by atoms with van der Waals surface area (Å²) in [6.45, 7) is 3.26. The van der Waals surface area contributed by atoms with E-state index >= 15 is 0 Å². The number of benzene rings is 2. The molecule has 0 aromatic heterocycles. The smallest absolute Gasteiger partial charge is 0.428 e. The normalized spacial score (nSPS) is 18.0. The highest BCUT2D eigenvalue weighted by molar-refractivity contribution is 6.42. The van der Waals surface area contributed by atoms with Crippen LogP contribution in [0.25, 0.3) is 5.70 Å². The van der Waals surface area contributed by atoms with Crippen molar-refractivity contribution >= 4 is 40.9 Å². The average molecular weight is 489 g/mol. The van der Waals surface area contributed by atoms with Gasteiger partial charge in [-0.3, -0.25) is 20.4 Å². The Kier molecular flexibility index (Phi) is 6.73. The number of aryl methyl sites for hydroxylation is 1. The van der Waals surface area contributed by atoms with Crippen molar-refractivity contribution < 1.29 is 32.3 Å². The van der Waals surface area contributed by atoms with Crippen LogP contribution in [-0.2, 0) is 15.2 Å². The molecule has 0 saturated carbocycles. The molecule has 32 heavy (non-hydrogen) atoms. The molecule has 11 heteroatoms. The van der Waals surface area contributed by atoms with Crippen molar-refractivity contribution in [1.29, 1.82) is 0 Å². The Balaban J connectivity index is 1.96. The van der Waals surface area contributed by atoms with Crippen LogP contribution in [0, 0.1) is 6.92 Å². The number of hydrogen-bond acceptors (Lipinski definition) is 5. The molecule has 0 saturated heterocycles. The van der Waals surface area contributed by atoms with Gasteiger partial charge < -0.3 is 4.74 Å². The fraction of sp³-hybridized carbons (Fsp3) is 0.238. The summed E-state index contributed by atoms with van der Waals surface area (Å²) in [5.74, 6) is -0.697. The van der Waals surface area contributed by atoms with E-state index in [1.165, 1.54) is 30.3 Å². The minimum Gasteiger partial charge on any atom is -0.450 e. The van der Waals surface area contributed by atoms with Gasteiger partial charge in [-0.2, -0.15) is 13.2 Å². The van der Waals surface area contributed by atoms with E-state index in [1.807, 2.05) is 0 Å². The van der Waals surface area contributed by atoms with Crippen molar-refractivity contribution in [1.82, 2.24) is 10.8 Å². The molecular formula is C21H17Cl2F3N2O4. The highest BCUT2D eigenvalue weighted by atomic mass is 35.5. The zero-order valence-corrected chi connectivity index (χ0v) is 18.3. The number of imide groups is 1. The number of alkyl halides is 3. The van der Waals surface area contributed by atoms with Gasteiger partial charge in [0, 0.05) is 11.1 Å². The Labute approximate surface area is 191 Å². The topological polar surface area (TPSA) is 76.7 Å². The number of hydroxylamine groups is 1. The first-order chi connectivity index (χ1) is 15.0. The second-order valence-corrected chi connectivity index (χ2v) is 7.64. The molecule has 2 aromatic rings. The van der Waals surface area contributed by atoms with Gasteiger partial charge in [0.25, 0.3) is 5.91 Å². The van der Waals surface area contributed by atoms with Crippen molar-refractivity contribution in [2.45, 2.75) is 25.6 Å². The van der Waals surface area contributed by atoms with Crippen LogP contribution in [0.5, 0.6) is 0 Å². The standard InChI is InChI=1S/C21H17Cl2F3N2O4/c1-3-31-19(30)27-18(29)14-6-4-12(8-11(14)2)17-10-20(32-28-17,21(24,25)26)13-5-7-15(22)16(23)9-13/h4-10,28H,3H2,1-2H3,(H,27,29,30). The molecule has 1 aliphatic rings. The highest BCUT2D eigenvalue weighted by Gasteiger charge is 2.59. The zero-order chi connectivity index (χ0) is 23.7. The number of hydrogen-bond donors (Lipinski definition) is 2. The molecule has 170 valence electrons. The maximum absolute atomic E-state index is 14.1. The van der Waals surface area contributed by atoms with Crippen molar-refractivity contribution in [2.24, 2.45) is 0 Å². The third-order valence-electron chi connectivity index (χ3n) is 4.71. The number of rotatable bonds is 4. The van der Waals surface area contributed by atoms with E-state index in [0.29, 0.717) is 11.1 Å². The van der Waals surface area contributed by atoms with Gasteiger partial charge in [0.05, 0.1) is 22.3 Å². The second kappa shape index (κ2) is 9.01. The van der Waals surface area contributed by atoms with Crippen LogP contribution in [0.3, 0.4) is 0 Å². The molecule has 2 aromatic carbocycles. The first-order valence-corrected chi connectivity index (χ1v) is 10.0. The number of carbonyl (C=O) groups excluding carboxylic acids is 2. The van der Waals surface area contributed by atoms with E-state index < -0.39 is 23.8 Å². The Morgan fingerprint density at radius 1 is 1.16 bits per heavy atom. The van der Waals surface area contributed by atoms with Crippen molar-refractivity contribution in [2.75, 3.05) is 6.61 Å². The lowest BCUT2D eigenvalue weighted by Crippen LogP contribution is -2.42. The lowest BCUT2D eigenvalue weighted by molar-refractivity contribution is -0.269. The number of carbonyl (C=O) groups is 2. The van der Waals surface area contributed by atoms with Crippen LogP contribution in [0.2, 0.25) is 10.0 Å². The maximum Gasteiger partial charge on any atom is 0.428 e. The molecule has 1 atom stereocenters. The number of halogens is 5. The summed E-state index contributed by atoms with van der Waals surface area (Å²) >= 11 is 11.7. The molecule has 1 aliphatic heterocycles. The Bertz CT molecular complexity index is 1100. The van der Waals surface area contributed by atoms with Crippen LogP contribution in [-0.4, -0.2) is 24.8 Å². The van der Waals surface area contributed by atoms with Crippen LogP contribution in [0.15, 0.2) is 42.5 Å². The monoisotopic (exact) mass is 488 g/mol. The number of ether oxygens (including phenoxy) is 1. The van der Waals surface area contributed by atoms with E-state index in [-0.39, 0.29) is 33.5 Å². The van der Waals surface area contributed by atoms with Crippen LogP contribution in [0.1, 0.15) is 34.0 Å². The van der Waals surface area contributed by atoms with Crippen LogP contribution < -0.4 is 10.8 Å². The molecular weight excluding hydrogens is 472 g/mol. The SMILES string of the molecule is CCOC(=O)NC(=O)c1ccc(C2=CC(c3ccc(Cl)c(Cl)c3)(C(F)(F)F)ON2)cc1C. The molecule has 2 amide bonds. The van der Waals surface area contributed by atoms with Gasteiger partial charge in [0.1, 0.15) is 0 Å². The molecule has 3 rings (SSSR count). The molecule has 0 radical (unpaired) electrons. The van der Waals surface area contributed by atoms with E-state index in [0.717, 1.165) is 12.1 Å². The highest BCUT2D eigenvalue weighted by Crippen LogP contribution is 2.48. The van der Waals surface area contributed by atoms with E-state index in [2.05, 4.69) is 15.5 Å². The van der Waals surface area contributed by atoms with Gasteiger partial charge in [-0.1, -0.05) is 35.3 Å².